The number of hydrogen-bond donors (Lipinski definition) is 3. The van der Waals surface area contributed by atoms with Crippen molar-refractivity contribution in [3.63, 3.8) is 0 Å². The number of likely N-dealkylation sites (N-methyl/N-ethyl adjacent to an activating group) is 1. The number of amides is 1. The van der Waals surface area contributed by atoms with Crippen LogP contribution >= 0.6 is 23.2 Å². The van der Waals surface area contributed by atoms with Gasteiger partial charge in [0, 0.05) is 43.3 Å². The lowest BCUT2D eigenvalue weighted by Gasteiger charge is -2.17. The van der Waals surface area contributed by atoms with Crippen molar-refractivity contribution in [1.29, 1.82) is 0 Å². The summed E-state index contributed by atoms with van der Waals surface area (Å²) in [6.45, 7) is 4.38. The number of nitrogens with zero attached hydrogens (tertiary/aromatic N) is 4. The Kier molecular flexibility index (Phi) is 9.04. The van der Waals surface area contributed by atoms with Gasteiger partial charge in [-0.05, 0) is 43.5 Å². The zero-order valence-corrected chi connectivity index (χ0v) is 20.9. The van der Waals surface area contributed by atoms with Crippen molar-refractivity contribution in [1.82, 2.24) is 15.0 Å². The molecule has 0 unspecified atom stereocenters. The Morgan fingerprint density at radius 3 is 2.53 bits per heavy atom. The van der Waals surface area contributed by atoms with Gasteiger partial charge in [-0.2, -0.15) is 4.98 Å². The molecule has 0 bridgehead atoms. The summed E-state index contributed by atoms with van der Waals surface area (Å²) in [6, 6.07) is 8.72. The van der Waals surface area contributed by atoms with Crippen molar-refractivity contribution in [2.45, 2.75) is 33.1 Å². The predicted octanol–water partition coefficient (Wildman–Crippen LogP) is 5.25. The number of nitrogens with one attached hydrogen (secondary N) is 2. The average Bonchev–Trinajstić information content (AvgIpc) is 2.77. The highest BCUT2D eigenvalue weighted by Crippen LogP contribution is 2.29. The average molecular weight is 503 g/mol. The molecule has 10 heteroatoms. The molecular formula is C24H28Cl2N6O2. The van der Waals surface area contributed by atoms with Crippen LogP contribution in [-0.4, -0.2) is 46.2 Å². The van der Waals surface area contributed by atoms with E-state index in [9.17, 15) is 4.79 Å². The van der Waals surface area contributed by atoms with E-state index in [0.717, 1.165) is 30.5 Å². The molecule has 1 amide bonds. The molecule has 3 rings (SSSR count). The van der Waals surface area contributed by atoms with E-state index < -0.39 is 5.91 Å². The van der Waals surface area contributed by atoms with Crippen LogP contribution in [0.2, 0.25) is 10.0 Å². The molecule has 3 N–H and O–H groups in total. The molecule has 0 radical (unpaired) electrons. The number of aromatic nitrogens is 3. The Morgan fingerprint density at radius 2 is 1.85 bits per heavy atom. The van der Waals surface area contributed by atoms with E-state index in [1.807, 2.05) is 6.92 Å². The van der Waals surface area contributed by atoms with E-state index in [1.165, 1.54) is 0 Å². The van der Waals surface area contributed by atoms with Crippen molar-refractivity contribution in [3.8, 4) is 0 Å². The Bertz CT molecular complexity index is 1140. The largest absolute Gasteiger partial charge is 0.395 e. The minimum absolute atomic E-state index is 0.00460. The number of rotatable bonds is 10. The lowest BCUT2D eigenvalue weighted by Crippen LogP contribution is -2.23. The topological polar surface area (TPSA) is 103 Å². The van der Waals surface area contributed by atoms with Crippen LogP contribution in [0.1, 0.15) is 41.4 Å². The monoisotopic (exact) mass is 502 g/mol. The fraction of sp³-hybridized carbons (Fsp3) is 0.333. The van der Waals surface area contributed by atoms with Crippen LogP contribution in [0.5, 0.6) is 0 Å². The standard InChI is InChI=1S/C24H28Cl2N6O2/c1-4-5-6-16-12-18(25)22(19(26)13-16)23(34)29-17-7-8-27-20(14-17)30-21-11-15(2)28-24(31-21)32(3)9-10-33/h7-8,11-14,33H,4-6,9-10H2,1-3H3,(H2,27,28,29,30,31,34). The summed E-state index contributed by atoms with van der Waals surface area (Å²) in [5, 5.41) is 15.8. The van der Waals surface area contributed by atoms with Gasteiger partial charge in [0.25, 0.3) is 5.91 Å². The molecule has 2 aromatic heterocycles. The zero-order valence-electron chi connectivity index (χ0n) is 19.4. The maximum absolute atomic E-state index is 12.9. The number of hydrogen-bond acceptors (Lipinski definition) is 7. The van der Waals surface area contributed by atoms with Gasteiger partial charge >= 0.3 is 0 Å². The summed E-state index contributed by atoms with van der Waals surface area (Å²) >= 11 is 12.8. The summed E-state index contributed by atoms with van der Waals surface area (Å²) in [5.74, 6) is 1.10. The van der Waals surface area contributed by atoms with Crippen molar-refractivity contribution < 1.29 is 9.90 Å². The van der Waals surface area contributed by atoms with Crippen LogP contribution in [0.4, 0.5) is 23.3 Å². The second-order valence-electron chi connectivity index (χ2n) is 7.89. The maximum atomic E-state index is 12.9. The summed E-state index contributed by atoms with van der Waals surface area (Å²) < 4.78 is 0. The normalized spacial score (nSPS) is 10.8. The first-order valence-corrected chi connectivity index (χ1v) is 11.8. The number of pyridine rings is 1. The summed E-state index contributed by atoms with van der Waals surface area (Å²) in [5.41, 5.74) is 2.52. The van der Waals surface area contributed by atoms with Crippen molar-refractivity contribution in [2.75, 3.05) is 35.7 Å². The second kappa shape index (κ2) is 12.0. The number of anilines is 4. The lowest BCUT2D eigenvalue weighted by molar-refractivity contribution is 0.102. The third-order valence-corrected chi connectivity index (χ3v) is 5.64. The first kappa shape index (κ1) is 25.7. The van der Waals surface area contributed by atoms with Crippen molar-refractivity contribution in [3.05, 3.63) is 63.4 Å². The molecule has 2 heterocycles. The smallest absolute Gasteiger partial charge is 0.258 e. The molecule has 0 aliphatic carbocycles. The summed E-state index contributed by atoms with van der Waals surface area (Å²) in [6.07, 6.45) is 4.51. The minimum atomic E-state index is -0.403. The number of carbonyl (C=O) groups is 1. The fourth-order valence-electron chi connectivity index (χ4n) is 3.31. The molecule has 8 nitrogen and oxygen atoms in total. The molecule has 0 saturated carbocycles. The number of halogens is 2. The minimum Gasteiger partial charge on any atom is -0.395 e. The van der Waals surface area contributed by atoms with Crippen LogP contribution in [0, 0.1) is 6.92 Å². The molecule has 180 valence electrons. The Morgan fingerprint density at radius 1 is 1.12 bits per heavy atom. The van der Waals surface area contributed by atoms with E-state index >= 15 is 0 Å². The molecule has 0 aliphatic heterocycles. The van der Waals surface area contributed by atoms with Crippen molar-refractivity contribution >= 4 is 52.4 Å². The number of unbranched alkanes of at least 4 members (excludes halogenated alkanes) is 1. The van der Waals surface area contributed by atoms with Gasteiger partial charge in [-0.15, -0.1) is 0 Å². The van der Waals surface area contributed by atoms with E-state index in [1.54, 1.807) is 48.5 Å². The molecule has 34 heavy (non-hydrogen) atoms. The van der Waals surface area contributed by atoms with Crippen LogP contribution < -0.4 is 15.5 Å². The number of aliphatic hydroxyl groups is 1. The number of benzene rings is 1. The number of carbonyl (C=O) groups excluding carboxylic acids is 1. The highest BCUT2D eigenvalue weighted by molar-refractivity contribution is 6.40. The third kappa shape index (κ3) is 6.79. The Balaban J connectivity index is 1.76. The van der Waals surface area contributed by atoms with Crippen molar-refractivity contribution in [2.24, 2.45) is 0 Å². The first-order chi connectivity index (χ1) is 16.3. The van der Waals surface area contributed by atoms with Crippen LogP contribution in [0.3, 0.4) is 0 Å². The predicted molar refractivity (Wildman–Crippen MR) is 138 cm³/mol. The second-order valence-corrected chi connectivity index (χ2v) is 8.70. The van der Waals surface area contributed by atoms with Gasteiger partial charge in [0.15, 0.2) is 0 Å². The van der Waals surface area contributed by atoms with Gasteiger partial charge in [0.1, 0.15) is 11.6 Å². The fourth-order valence-corrected chi connectivity index (χ4v) is 4.01. The Labute approximate surface area is 209 Å². The molecule has 0 fully saturated rings. The van der Waals surface area contributed by atoms with Gasteiger partial charge in [-0.3, -0.25) is 4.79 Å². The van der Waals surface area contributed by atoms with Gasteiger partial charge in [-0.25, -0.2) is 9.97 Å². The summed E-state index contributed by atoms with van der Waals surface area (Å²) in [4.78, 5) is 27.8. The number of aryl methyl sites for hydroxylation is 2. The molecule has 0 saturated heterocycles. The molecule has 0 spiro atoms. The molecule has 1 aromatic carbocycles. The van der Waals surface area contributed by atoms with E-state index in [4.69, 9.17) is 28.3 Å². The van der Waals surface area contributed by atoms with Crippen LogP contribution in [0.15, 0.2) is 36.5 Å². The number of aliphatic hydroxyl groups excluding tert-OH is 1. The summed E-state index contributed by atoms with van der Waals surface area (Å²) in [7, 11) is 1.80. The lowest BCUT2D eigenvalue weighted by atomic mass is 10.1. The Hall–Kier alpha value is -2.94. The van der Waals surface area contributed by atoms with E-state index in [2.05, 4.69) is 32.5 Å². The maximum Gasteiger partial charge on any atom is 0.258 e. The highest BCUT2D eigenvalue weighted by Gasteiger charge is 2.17. The highest BCUT2D eigenvalue weighted by atomic mass is 35.5. The first-order valence-electron chi connectivity index (χ1n) is 11.0. The molecule has 0 atom stereocenters. The van der Waals surface area contributed by atoms with Gasteiger partial charge < -0.3 is 20.6 Å². The quantitative estimate of drug-likeness (QED) is 0.347. The van der Waals surface area contributed by atoms with Gasteiger partial charge in [0.2, 0.25) is 5.95 Å². The van der Waals surface area contributed by atoms with Gasteiger partial charge in [0.05, 0.1) is 22.2 Å². The molecule has 3 aromatic rings. The van der Waals surface area contributed by atoms with Crippen LogP contribution in [0.25, 0.3) is 0 Å². The van der Waals surface area contributed by atoms with E-state index in [-0.39, 0.29) is 12.2 Å². The van der Waals surface area contributed by atoms with E-state index in [0.29, 0.717) is 39.9 Å². The van der Waals surface area contributed by atoms with Gasteiger partial charge in [-0.1, -0.05) is 36.5 Å². The third-order valence-electron chi connectivity index (χ3n) is 5.04. The zero-order chi connectivity index (χ0) is 24.7. The SMILES string of the molecule is CCCCc1cc(Cl)c(C(=O)Nc2ccnc(Nc3cc(C)nc(N(C)CCO)n3)c2)c(Cl)c1. The van der Waals surface area contributed by atoms with Crippen LogP contribution in [-0.2, 0) is 6.42 Å². The molecule has 0 aliphatic rings. The molecular weight excluding hydrogens is 475 g/mol.